The minimum absolute atomic E-state index is 0.280. The highest BCUT2D eigenvalue weighted by Gasteiger charge is 2.13. The molecule has 1 N–H and O–H groups in total. The number of carboxylic acids is 1. The third-order valence-corrected chi connectivity index (χ3v) is 3.03. The number of rotatable bonds is 3. The highest BCUT2D eigenvalue weighted by atomic mass is 28.3. The van der Waals surface area contributed by atoms with E-state index in [1.807, 2.05) is 6.92 Å². The average Bonchev–Trinajstić information content (AvgIpc) is 2.59. The number of carbonyl (C=O) groups is 1. The number of aromatic carboxylic acids is 1. The van der Waals surface area contributed by atoms with Gasteiger partial charge in [-0.15, -0.1) is 5.54 Å². The normalized spacial score (nSPS) is 10.8. The lowest BCUT2D eigenvalue weighted by molar-refractivity contribution is 0.0695. The minimum atomic E-state index is -1.37. The Bertz CT molecular complexity index is 475. The second-order valence-electron chi connectivity index (χ2n) is 4.90. The molecule has 0 spiro atoms. The van der Waals surface area contributed by atoms with Crippen LogP contribution >= 0.6 is 0 Å². The Morgan fingerprint density at radius 3 is 2.59 bits per heavy atom. The molecule has 0 aliphatic heterocycles. The van der Waals surface area contributed by atoms with Crippen molar-refractivity contribution in [2.45, 2.75) is 39.5 Å². The predicted octanol–water partition coefficient (Wildman–Crippen LogP) is 2.02. The van der Waals surface area contributed by atoms with Gasteiger partial charge in [0.15, 0.2) is 0 Å². The highest BCUT2D eigenvalue weighted by Crippen LogP contribution is 2.07. The Hall–Kier alpha value is -1.54. The van der Waals surface area contributed by atoms with Crippen LogP contribution in [0.15, 0.2) is 6.20 Å². The Morgan fingerprint density at radius 2 is 2.18 bits per heavy atom. The molecule has 1 aromatic rings. The van der Waals surface area contributed by atoms with Gasteiger partial charge in [0.1, 0.15) is 20.2 Å². The van der Waals surface area contributed by atoms with E-state index in [9.17, 15) is 4.79 Å². The molecule has 1 aromatic heterocycles. The Morgan fingerprint density at radius 1 is 1.53 bits per heavy atom. The first kappa shape index (κ1) is 13.5. The van der Waals surface area contributed by atoms with Crippen LogP contribution in [0.25, 0.3) is 0 Å². The fourth-order valence-corrected chi connectivity index (χ4v) is 1.98. The molecule has 1 heterocycles. The molecular formula is C12H18N2O2Si. The van der Waals surface area contributed by atoms with Gasteiger partial charge < -0.3 is 5.11 Å². The van der Waals surface area contributed by atoms with Crippen LogP contribution in [0.3, 0.4) is 0 Å². The summed E-state index contributed by atoms with van der Waals surface area (Å²) in [5.74, 6) is 2.14. The molecule has 0 aliphatic rings. The van der Waals surface area contributed by atoms with Crippen LogP contribution in [0.5, 0.6) is 0 Å². The van der Waals surface area contributed by atoms with E-state index in [2.05, 4.69) is 36.2 Å². The van der Waals surface area contributed by atoms with Gasteiger partial charge in [-0.25, -0.2) is 4.79 Å². The van der Waals surface area contributed by atoms with E-state index in [1.165, 1.54) is 0 Å². The molecular weight excluding hydrogens is 232 g/mol. The third kappa shape index (κ3) is 4.08. The van der Waals surface area contributed by atoms with E-state index in [0.717, 1.165) is 0 Å². The third-order valence-electron chi connectivity index (χ3n) is 2.11. The van der Waals surface area contributed by atoms with Crippen LogP contribution < -0.4 is 0 Å². The molecule has 92 valence electrons. The summed E-state index contributed by atoms with van der Waals surface area (Å²) in [5, 5.41) is 13.2. The topological polar surface area (TPSA) is 55.1 Å². The van der Waals surface area contributed by atoms with Crippen molar-refractivity contribution in [3.05, 3.63) is 17.5 Å². The number of aromatic nitrogens is 2. The zero-order valence-corrected chi connectivity index (χ0v) is 11.7. The largest absolute Gasteiger partial charge is 0.478 e. The van der Waals surface area contributed by atoms with E-state index < -0.39 is 14.0 Å². The van der Waals surface area contributed by atoms with Crippen molar-refractivity contribution < 1.29 is 9.90 Å². The maximum atomic E-state index is 10.9. The molecule has 0 atom stereocenters. The first-order valence-corrected chi connectivity index (χ1v) is 9.13. The van der Waals surface area contributed by atoms with Crippen molar-refractivity contribution in [1.82, 2.24) is 9.78 Å². The van der Waals surface area contributed by atoms with E-state index in [1.54, 1.807) is 10.9 Å². The van der Waals surface area contributed by atoms with Crippen LogP contribution in [0.4, 0.5) is 0 Å². The number of nitrogens with zero attached hydrogens (tertiary/aromatic N) is 2. The molecule has 0 amide bonds. The number of aryl methyl sites for hydroxylation is 1. The van der Waals surface area contributed by atoms with Gasteiger partial charge in [-0.3, -0.25) is 4.68 Å². The van der Waals surface area contributed by atoms with Gasteiger partial charge in [0.05, 0.1) is 5.69 Å². The summed E-state index contributed by atoms with van der Waals surface area (Å²) in [4.78, 5) is 10.9. The molecule has 0 fully saturated rings. The Labute approximate surface area is 103 Å². The summed E-state index contributed by atoms with van der Waals surface area (Å²) in [6, 6.07) is 0. The van der Waals surface area contributed by atoms with Gasteiger partial charge in [-0.05, 0) is 6.42 Å². The SMILES string of the molecule is CCc1nn(CC#C[Si](C)(C)C)cc1C(=O)O. The second kappa shape index (κ2) is 5.19. The van der Waals surface area contributed by atoms with Gasteiger partial charge in [-0.1, -0.05) is 32.5 Å². The average molecular weight is 250 g/mol. The summed E-state index contributed by atoms with van der Waals surface area (Å²) in [6.07, 6.45) is 2.18. The van der Waals surface area contributed by atoms with Gasteiger partial charge >= 0.3 is 5.97 Å². The lowest BCUT2D eigenvalue weighted by Gasteiger charge is -2.03. The fourth-order valence-electron chi connectivity index (χ4n) is 1.37. The molecule has 0 bridgehead atoms. The summed E-state index contributed by atoms with van der Waals surface area (Å²) in [6.45, 7) is 8.87. The maximum absolute atomic E-state index is 10.9. The predicted molar refractivity (Wildman–Crippen MR) is 69.7 cm³/mol. The van der Waals surface area contributed by atoms with Crippen molar-refractivity contribution >= 4 is 14.0 Å². The van der Waals surface area contributed by atoms with Gasteiger partial charge in [0.2, 0.25) is 0 Å². The summed E-state index contributed by atoms with van der Waals surface area (Å²) in [5.41, 5.74) is 4.12. The summed E-state index contributed by atoms with van der Waals surface area (Å²) >= 11 is 0. The Kier molecular flexibility index (Phi) is 4.13. The first-order valence-electron chi connectivity index (χ1n) is 5.63. The number of hydrogen-bond donors (Lipinski definition) is 1. The van der Waals surface area contributed by atoms with Crippen LogP contribution in [-0.4, -0.2) is 28.9 Å². The molecule has 0 aliphatic carbocycles. The van der Waals surface area contributed by atoms with Crippen LogP contribution in [0.2, 0.25) is 19.6 Å². The molecule has 17 heavy (non-hydrogen) atoms. The molecule has 1 rings (SSSR count). The monoisotopic (exact) mass is 250 g/mol. The van der Waals surface area contributed by atoms with Crippen LogP contribution in [0.1, 0.15) is 23.0 Å². The molecule has 5 heteroatoms. The van der Waals surface area contributed by atoms with Crippen LogP contribution in [-0.2, 0) is 13.0 Å². The van der Waals surface area contributed by atoms with E-state index in [4.69, 9.17) is 5.11 Å². The van der Waals surface area contributed by atoms with Crippen molar-refractivity contribution in [3.63, 3.8) is 0 Å². The summed E-state index contributed by atoms with van der Waals surface area (Å²) in [7, 11) is -1.37. The van der Waals surface area contributed by atoms with E-state index in [-0.39, 0.29) is 5.56 Å². The first-order chi connectivity index (χ1) is 7.83. The minimum Gasteiger partial charge on any atom is -0.478 e. The second-order valence-corrected chi connectivity index (χ2v) is 9.65. The number of carboxylic acid groups (broad SMARTS) is 1. The fraction of sp³-hybridized carbons (Fsp3) is 0.500. The zero-order valence-electron chi connectivity index (χ0n) is 10.7. The molecule has 0 aromatic carbocycles. The highest BCUT2D eigenvalue weighted by molar-refractivity contribution is 6.83. The molecule has 0 saturated heterocycles. The van der Waals surface area contributed by atoms with E-state index in [0.29, 0.717) is 18.7 Å². The number of hydrogen-bond acceptors (Lipinski definition) is 2. The maximum Gasteiger partial charge on any atom is 0.339 e. The standard InChI is InChI=1S/C12H18N2O2Si/c1-5-11-10(12(15)16)9-14(13-11)7-6-8-17(2,3)4/h9H,5,7H2,1-4H3,(H,15,16). The van der Waals surface area contributed by atoms with Crippen molar-refractivity contribution in [2.75, 3.05) is 0 Å². The lowest BCUT2D eigenvalue weighted by atomic mass is 10.2. The van der Waals surface area contributed by atoms with E-state index >= 15 is 0 Å². The van der Waals surface area contributed by atoms with Gasteiger partial charge in [0.25, 0.3) is 0 Å². The summed E-state index contributed by atoms with van der Waals surface area (Å²) < 4.78 is 1.61. The van der Waals surface area contributed by atoms with Crippen molar-refractivity contribution in [3.8, 4) is 11.5 Å². The zero-order chi connectivity index (χ0) is 13.1. The van der Waals surface area contributed by atoms with Crippen LogP contribution in [0, 0.1) is 11.5 Å². The molecule has 0 saturated carbocycles. The molecule has 0 unspecified atom stereocenters. The quantitative estimate of drug-likeness (QED) is 0.659. The Balaban J connectivity index is 2.86. The van der Waals surface area contributed by atoms with Crippen molar-refractivity contribution in [1.29, 1.82) is 0 Å². The van der Waals surface area contributed by atoms with Gasteiger partial charge in [-0.2, -0.15) is 5.10 Å². The smallest absolute Gasteiger partial charge is 0.339 e. The molecule has 0 radical (unpaired) electrons. The van der Waals surface area contributed by atoms with Gasteiger partial charge in [0, 0.05) is 6.20 Å². The lowest BCUT2D eigenvalue weighted by Crippen LogP contribution is -2.16. The molecule has 4 nitrogen and oxygen atoms in total. The van der Waals surface area contributed by atoms with Crippen molar-refractivity contribution in [2.24, 2.45) is 0 Å².